The van der Waals surface area contributed by atoms with Gasteiger partial charge >= 0.3 is 0 Å². The van der Waals surface area contributed by atoms with Crippen molar-refractivity contribution in [1.29, 1.82) is 0 Å². The van der Waals surface area contributed by atoms with Crippen molar-refractivity contribution in [1.82, 2.24) is 15.0 Å². The quantitative estimate of drug-likeness (QED) is 0.186. The fourth-order valence-corrected chi connectivity index (χ4v) is 7.36. The number of hydrogen-bond acceptors (Lipinski definition) is 5. The van der Waals surface area contributed by atoms with Gasteiger partial charge in [-0.25, -0.2) is 15.0 Å². The van der Waals surface area contributed by atoms with Crippen LogP contribution >= 0.6 is 0 Å². The van der Waals surface area contributed by atoms with E-state index in [9.17, 15) is 0 Å². The van der Waals surface area contributed by atoms with E-state index in [1.54, 1.807) is 0 Å². The zero-order valence-corrected chi connectivity index (χ0v) is 25.4. The van der Waals surface area contributed by atoms with Crippen LogP contribution in [0, 0.1) is 0 Å². The van der Waals surface area contributed by atoms with Crippen molar-refractivity contribution in [3.8, 4) is 45.7 Å². The second-order valence-corrected chi connectivity index (χ2v) is 12.4. The molecule has 0 bridgehead atoms. The summed E-state index contributed by atoms with van der Waals surface area (Å²) in [5.41, 5.74) is 4.22. The average Bonchev–Trinajstić information content (AvgIpc) is 3.50. The predicted molar refractivity (Wildman–Crippen MR) is 194 cm³/mol. The molecule has 0 spiro atoms. The lowest BCUT2D eigenvalue weighted by Crippen LogP contribution is -2.03. The van der Waals surface area contributed by atoms with Gasteiger partial charge in [0.25, 0.3) is 0 Å². The fourth-order valence-electron chi connectivity index (χ4n) is 7.36. The molecular formula is C43H23N3O2. The first kappa shape index (κ1) is 25.6. The maximum absolute atomic E-state index is 6.77. The van der Waals surface area contributed by atoms with Gasteiger partial charge in [-0.05, 0) is 63.3 Å². The highest BCUT2D eigenvalue weighted by Gasteiger charge is 2.24. The van der Waals surface area contributed by atoms with E-state index in [2.05, 4.69) is 84.9 Å². The number of hydrogen-bond donors (Lipinski definition) is 0. The Bertz CT molecular complexity index is 2980. The molecule has 0 amide bonds. The molecule has 0 aliphatic carbocycles. The third-order valence-corrected chi connectivity index (χ3v) is 9.64. The van der Waals surface area contributed by atoms with Crippen LogP contribution in [0.25, 0.3) is 99.2 Å². The molecule has 1 aliphatic rings. The van der Waals surface area contributed by atoms with E-state index in [-0.39, 0.29) is 0 Å². The highest BCUT2D eigenvalue weighted by Crippen LogP contribution is 2.50. The van der Waals surface area contributed by atoms with E-state index >= 15 is 0 Å². The number of ether oxygens (including phenoxy) is 1. The van der Waals surface area contributed by atoms with Crippen LogP contribution in [0.2, 0.25) is 0 Å². The Morgan fingerprint density at radius 3 is 1.88 bits per heavy atom. The van der Waals surface area contributed by atoms with Crippen LogP contribution in [0.3, 0.4) is 0 Å². The topological polar surface area (TPSA) is 61.0 Å². The Morgan fingerprint density at radius 2 is 1.04 bits per heavy atom. The van der Waals surface area contributed by atoms with Crippen LogP contribution in [0.5, 0.6) is 11.5 Å². The van der Waals surface area contributed by atoms with Crippen LogP contribution < -0.4 is 4.74 Å². The normalized spacial score (nSPS) is 12.3. The maximum atomic E-state index is 6.77. The molecule has 0 unspecified atom stereocenters. The average molecular weight is 614 g/mol. The molecule has 5 heteroatoms. The monoisotopic (exact) mass is 613 g/mol. The largest absolute Gasteiger partial charge is 0.456 e. The molecule has 5 nitrogen and oxygen atoms in total. The Kier molecular flexibility index (Phi) is 5.05. The Balaban J connectivity index is 1.15. The molecule has 0 N–H and O–H groups in total. The fraction of sp³-hybridized carbons (Fsp3) is 0. The molecule has 222 valence electrons. The summed E-state index contributed by atoms with van der Waals surface area (Å²) in [5, 5.41) is 11.3. The molecule has 48 heavy (non-hydrogen) atoms. The lowest BCUT2D eigenvalue weighted by molar-refractivity contribution is 0.494. The first-order valence-electron chi connectivity index (χ1n) is 16.0. The highest BCUT2D eigenvalue weighted by atomic mass is 16.5. The summed E-state index contributed by atoms with van der Waals surface area (Å²) >= 11 is 0. The van der Waals surface area contributed by atoms with E-state index in [0.29, 0.717) is 17.5 Å². The van der Waals surface area contributed by atoms with E-state index in [0.717, 1.165) is 77.1 Å². The van der Waals surface area contributed by atoms with E-state index in [1.165, 1.54) is 16.2 Å². The van der Waals surface area contributed by atoms with Gasteiger partial charge in [0.2, 0.25) is 0 Å². The van der Waals surface area contributed by atoms with Crippen molar-refractivity contribution in [2.45, 2.75) is 0 Å². The number of benzene rings is 8. The van der Waals surface area contributed by atoms with Crippen molar-refractivity contribution in [3.05, 3.63) is 140 Å². The number of nitrogens with zero attached hydrogens (tertiary/aromatic N) is 3. The van der Waals surface area contributed by atoms with E-state index in [1.807, 2.05) is 54.6 Å². The van der Waals surface area contributed by atoms with Gasteiger partial charge < -0.3 is 9.15 Å². The minimum atomic E-state index is 0.551. The highest BCUT2D eigenvalue weighted by molar-refractivity contribution is 6.26. The third-order valence-electron chi connectivity index (χ3n) is 9.64. The lowest BCUT2D eigenvalue weighted by atomic mass is 9.92. The van der Waals surface area contributed by atoms with Crippen LogP contribution in [0.4, 0.5) is 0 Å². The summed E-state index contributed by atoms with van der Waals surface area (Å²) in [6.45, 7) is 0. The summed E-state index contributed by atoms with van der Waals surface area (Å²) in [5.74, 6) is 3.31. The molecule has 0 radical (unpaired) electrons. The second kappa shape index (κ2) is 9.47. The van der Waals surface area contributed by atoms with Crippen molar-refractivity contribution in [2.24, 2.45) is 0 Å². The summed E-state index contributed by atoms with van der Waals surface area (Å²) in [6.07, 6.45) is 0. The molecular weight excluding hydrogens is 590 g/mol. The van der Waals surface area contributed by atoms with Crippen LogP contribution in [0.15, 0.2) is 144 Å². The Morgan fingerprint density at radius 1 is 0.396 bits per heavy atom. The lowest BCUT2D eigenvalue weighted by Gasteiger charge is -2.22. The van der Waals surface area contributed by atoms with Gasteiger partial charge in [-0.1, -0.05) is 103 Å². The van der Waals surface area contributed by atoms with Gasteiger partial charge in [0.15, 0.2) is 17.5 Å². The SMILES string of the molecule is c1ccc(-c2nc(-c3ccc4c(c3)oc3cc5ccccc5cc34)nc(-c3ccc4ccc5ccc6cccc7c6c5c4c3O7)n2)cc1. The molecule has 10 aromatic rings. The first-order chi connectivity index (χ1) is 23.7. The molecule has 1 aliphatic heterocycles. The predicted octanol–water partition coefficient (Wildman–Crippen LogP) is 11.5. The third kappa shape index (κ3) is 3.64. The molecule has 0 saturated carbocycles. The molecule has 11 rings (SSSR count). The van der Waals surface area contributed by atoms with Crippen LogP contribution in [-0.2, 0) is 0 Å². The van der Waals surface area contributed by atoms with Gasteiger partial charge in [-0.3, -0.25) is 0 Å². The summed E-state index contributed by atoms with van der Waals surface area (Å²) < 4.78 is 13.2. The van der Waals surface area contributed by atoms with Crippen molar-refractivity contribution in [3.63, 3.8) is 0 Å². The minimum absolute atomic E-state index is 0.551. The van der Waals surface area contributed by atoms with Gasteiger partial charge in [-0.15, -0.1) is 0 Å². The van der Waals surface area contributed by atoms with E-state index < -0.39 is 0 Å². The number of aromatic nitrogens is 3. The van der Waals surface area contributed by atoms with Crippen molar-refractivity contribution >= 4 is 65.0 Å². The molecule has 3 heterocycles. The molecule has 0 saturated heterocycles. The summed E-state index contributed by atoms with van der Waals surface area (Å²) in [4.78, 5) is 15.2. The second-order valence-electron chi connectivity index (χ2n) is 12.4. The number of rotatable bonds is 3. The van der Waals surface area contributed by atoms with Crippen molar-refractivity contribution in [2.75, 3.05) is 0 Å². The van der Waals surface area contributed by atoms with Gasteiger partial charge in [-0.2, -0.15) is 0 Å². The molecule has 8 aromatic carbocycles. The maximum Gasteiger partial charge on any atom is 0.167 e. The summed E-state index contributed by atoms with van der Waals surface area (Å²) in [7, 11) is 0. The zero-order chi connectivity index (χ0) is 31.3. The Hall–Kier alpha value is -6.59. The standard InChI is InChI=1S/C43H23N3O2/c1-2-7-27(8-3-1)41-44-42(30-18-19-31-33-21-28-9-4-5-10-29(28)22-36(33)47-35(31)23-30)46-43(45-41)32-20-17-26-16-15-25-14-13-24-11-6-12-34-37(24)38(25)39(26)40(32)48-34/h1-23H. The van der Waals surface area contributed by atoms with Gasteiger partial charge in [0, 0.05) is 38.1 Å². The molecule has 0 atom stereocenters. The number of fused-ring (bicyclic) bond motifs is 4. The van der Waals surface area contributed by atoms with Gasteiger partial charge in [0.1, 0.15) is 22.7 Å². The van der Waals surface area contributed by atoms with E-state index in [4.69, 9.17) is 24.1 Å². The van der Waals surface area contributed by atoms with Gasteiger partial charge in [0.05, 0.1) is 5.56 Å². The van der Waals surface area contributed by atoms with Crippen molar-refractivity contribution < 1.29 is 9.15 Å². The summed E-state index contributed by atoms with van der Waals surface area (Å²) in [6, 6.07) is 48.1. The van der Waals surface area contributed by atoms with Crippen LogP contribution in [0.1, 0.15) is 0 Å². The first-order valence-corrected chi connectivity index (χ1v) is 16.0. The number of furan rings is 1. The molecule has 0 fully saturated rings. The van der Waals surface area contributed by atoms with Crippen LogP contribution in [-0.4, -0.2) is 15.0 Å². The molecule has 2 aromatic heterocycles. The zero-order valence-electron chi connectivity index (χ0n) is 25.4. The Labute approximate surface area is 273 Å². The smallest absolute Gasteiger partial charge is 0.167 e. The minimum Gasteiger partial charge on any atom is -0.456 e.